The van der Waals surface area contributed by atoms with Crippen molar-refractivity contribution in [2.45, 2.75) is 0 Å². The Bertz CT molecular complexity index is 2530. The number of nitrogens with one attached hydrogen (secondary N) is 2. The first-order chi connectivity index (χ1) is 33.8. The molecule has 0 bridgehead atoms. The molecule has 7 rings (SSSR count). The van der Waals surface area contributed by atoms with Gasteiger partial charge in [0.15, 0.2) is 175 Å². The molecule has 73 heavy (non-hydrogen) atoms. The molecule has 0 unspecified atom stereocenters. The Morgan fingerprint density at radius 2 is 0.260 bits per heavy atom. The summed E-state index contributed by atoms with van der Waals surface area (Å²) in [6, 6.07) is 0. The minimum atomic E-state index is -3.96. The van der Waals surface area contributed by atoms with E-state index in [-0.39, 0.29) is 0 Å². The highest BCUT2D eigenvalue weighted by Gasteiger charge is 2.47. The van der Waals surface area contributed by atoms with Crippen molar-refractivity contribution in [3.8, 4) is 0 Å². The van der Waals surface area contributed by atoms with E-state index in [2.05, 4.69) is 10.6 Å². The lowest BCUT2D eigenvalue weighted by Gasteiger charge is -2.21. The van der Waals surface area contributed by atoms with Gasteiger partial charge < -0.3 is 10.6 Å². The van der Waals surface area contributed by atoms with Gasteiger partial charge >= 0.3 is 0 Å². The van der Waals surface area contributed by atoms with Gasteiger partial charge in [-0.3, -0.25) is 0 Å². The molecular formula is C39H8B2F30N2. The summed E-state index contributed by atoms with van der Waals surface area (Å²) in [6.45, 7) is -4.64. The Kier molecular flexibility index (Phi) is 16.8. The van der Waals surface area contributed by atoms with E-state index >= 15 is 0 Å². The number of benzene rings is 6. The maximum atomic E-state index is 14.4. The van der Waals surface area contributed by atoms with Crippen LogP contribution in [0.1, 0.15) is 0 Å². The fourth-order valence-electron chi connectivity index (χ4n) is 6.56. The van der Waals surface area contributed by atoms with E-state index in [0.29, 0.717) is 0 Å². The van der Waals surface area contributed by atoms with Crippen LogP contribution in [-0.4, -0.2) is 33.2 Å². The smallest absolute Gasteiger partial charge is 0.265 e. The van der Waals surface area contributed by atoms with E-state index in [9.17, 15) is 132 Å². The third-order valence-electron chi connectivity index (χ3n) is 9.92. The van der Waals surface area contributed by atoms with E-state index in [4.69, 9.17) is 0 Å². The van der Waals surface area contributed by atoms with Crippen molar-refractivity contribution in [1.29, 1.82) is 0 Å². The summed E-state index contributed by atoms with van der Waals surface area (Å²) in [5.41, 5.74) is -16.1. The molecule has 0 saturated carbocycles. The van der Waals surface area contributed by atoms with Crippen LogP contribution in [0, 0.1) is 175 Å². The molecule has 0 aromatic heterocycles. The Morgan fingerprint density at radius 3 is 0.342 bits per heavy atom. The topological polar surface area (TPSA) is 24.1 Å². The zero-order valence-electron chi connectivity index (χ0n) is 33.6. The summed E-state index contributed by atoms with van der Waals surface area (Å²) in [4.78, 5) is 0. The molecular weight excluding hydrogens is 1090 g/mol. The first kappa shape index (κ1) is 57.2. The molecule has 1 heterocycles. The molecule has 0 amide bonds. The maximum absolute atomic E-state index is 14.4. The molecule has 34 heteroatoms. The third-order valence-corrected chi connectivity index (χ3v) is 9.92. The second-order valence-corrected chi connectivity index (χ2v) is 13.9. The average molecular weight is 1100 g/mol. The zero-order chi connectivity index (χ0) is 55.5. The summed E-state index contributed by atoms with van der Waals surface area (Å²) in [5.74, 6) is -90.4. The summed E-state index contributed by atoms with van der Waals surface area (Å²) in [6.07, 6.45) is 0. The first-order valence-electron chi connectivity index (χ1n) is 18.3. The summed E-state index contributed by atoms with van der Waals surface area (Å²) in [7, 11) is 0. The van der Waals surface area contributed by atoms with E-state index in [1.807, 2.05) is 0 Å². The van der Waals surface area contributed by atoms with Crippen LogP contribution in [0.5, 0.6) is 0 Å². The highest BCUT2D eigenvalue weighted by atomic mass is 19.2. The maximum Gasteiger partial charge on any atom is 0.265 e. The van der Waals surface area contributed by atoms with Gasteiger partial charge in [0.2, 0.25) is 0 Å². The van der Waals surface area contributed by atoms with Gasteiger partial charge in [0.25, 0.3) is 13.4 Å². The van der Waals surface area contributed by atoms with Crippen molar-refractivity contribution in [1.82, 2.24) is 10.6 Å². The predicted molar refractivity (Wildman–Crippen MR) is 188 cm³/mol. The fourth-order valence-corrected chi connectivity index (χ4v) is 6.56. The molecule has 0 radical (unpaired) electrons. The molecule has 1 fully saturated rings. The number of rotatable bonds is 6. The van der Waals surface area contributed by atoms with E-state index < -0.39 is 221 Å². The molecule has 6 aromatic rings. The van der Waals surface area contributed by atoms with Gasteiger partial charge in [-0.2, -0.15) is 0 Å². The lowest BCUT2D eigenvalue weighted by Crippen LogP contribution is -2.60. The Morgan fingerprint density at radius 1 is 0.164 bits per heavy atom. The average Bonchev–Trinajstić information content (AvgIpc) is 3.97. The Hall–Kier alpha value is -6.73. The number of hydrogen-bond donors (Lipinski definition) is 2. The monoisotopic (exact) mass is 1100 g/mol. The van der Waals surface area contributed by atoms with E-state index in [1.165, 1.54) is 0 Å². The predicted octanol–water partition coefficient (Wildman–Crippen LogP) is 7.72. The van der Waals surface area contributed by atoms with Crippen molar-refractivity contribution in [2.75, 3.05) is 19.8 Å². The second kappa shape index (κ2) is 21.4. The van der Waals surface area contributed by atoms with Crippen LogP contribution in [-0.2, 0) is 0 Å². The van der Waals surface area contributed by atoms with E-state index in [1.54, 1.807) is 0 Å². The quantitative estimate of drug-likeness (QED) is 0.0774. The number of halogens is 30. The van der Waals surface area contributed by atoms with Crippen molar-refractivity contribution in [3.63, 3.8) is 0 Å². The van der Waals surface area contributed by atoms with Crippen molar-refractivity contribution < 1.29 is 132 Å². The largest absolute Gasteiger partial charge is 0.303 e. The minimum Gasteiger partial charge on any atom is -0.303 e. The molecule has 390 valence electrons. The zero-order valence-corrected chi connectivity index (χ0v) is 33.6. The highest BCUT2D eigenvalue weighted by molar-refractivity contribution is 6.96. The van der Waals surface area contributed by atoms with Crippen LogP contribution in [0.15, 0.2) is 0 Å². The van der Waals surface area contributed by atoms with Crippen LogP contribution >= 0.6 is 0 Å². The minimum absolute atomic E-state index is 1.00. The van der Waals surface area contributed by atoms with Gasteiger partial charge in [-0.1, -0.05) is 0 Å². The summed E-state index contributed by atoms with van der Waals surface area (Å²) >= 11 is 0. The molecule has 1 aliphatic rings. The highest BCUT2D eigenvalue weighted by Crippen LogP contribution is 2.26. The molecule has 0 atom stereocenters. The van der Waals surface area contributed by atoms with Crippen LogP contribution in [0.2, 0.25) is 0 Å². The van der Waals surface area contributed by atoms with Gasteiger partial charge in [-0.15, -0.1) is 0 Å². The van der Waals surface area contributed by atoms with Gasteiger partial charge in [0.1, 0.15) is 0 Å². The van der Waals surface area contributed by atoms with Crippen LogP contribution in [0.4, 0.5) is 132 Å². The van der Waals surface area contributed by atoms with Gasteiger partial charge in [0.05, 0.1) is 0 Å². The standard InChI is InChI=1S/2C18BF15.C3H8N2/c2*20-4-1(5(21)11(27)16(32)10(4)26)19(2-6(22)12(28)17(33)13(29)7(2)23)3-8(24)14(30)18(34)15(31)9(3)25;1-2-5-3-4-1/h;;4-5H,1-3H2. The summed E-state index contributed by atoms with van der Waals surface area (Å²) in [5, 5.41) is 6.22. The molecule has 2 N–H and O–H groups in total. The SMILES string of the molecule is C1CNCN1.Fc1c(F)c(F)c(B(c2c(F)c(F)c(F)c(F)c2F)c2c(F)c(F)c(F)c(F)c2F)c(F)c1F.Fc1c(F)c(F)c(B(c2c(F)c(F)c(F)c(F)c2F)c2c(F)c(F)c(F)c(F)c2F)c(F)c1F. The molecule has 1 saturated heterocycles. The van der Waals surface area contributed by atoms with Crippen LogP contribution in [0.25, 0.3) is 0 Å². The fraction of sp³-hybridized carbons (Fsp3) is 0.0769. The first-order valence-corrected chi connectivity index (χ1v) is 18.3. The van der Waals surface area contributed by atoms with Crippen LogP contribution in [0.3, 0.4) is 0 Å². The van der Waals surface area contributed by atoms with Gasteiger partial charge in [-0.05, 0) is 0 Å². The van der Waals surface area contributed by atoms with Crippen LogP contribution < -0.4 is 43.4 Å². The molecule has 6 aromatic carbocycles. The van der Waals surface area contributed by atoms with Gasteiger partial charge in [-0.25, -0.2) is 132 Å². The Balaban J connectivity index is 0.000000246. The van der Waals surface area contributed by atoms with Crippen molar-refractivity contribution in [2.24, 2.45) is 0 Å². The lowest BCUT2D eigenvalue weighted by molar-refractivity contribution is 0.380. The molecule has 1 aliphatic heterocycles. The molecule has 0 spiro atoms. The van der Waals surface area contributed by atoms with E-state index in [0.717, 1.165) is 19.8 Å². The second-order valence-electron chi connectivity index (χ2n) is 13.9. The summed E-state index contributed by atoms with van der Waals surface area (Å²) < 4.78 is 417. The lowest BCUT2D eigenvalue weighted by atomic mass is 9.36. The third kappa shape index (κ3) is 9.45. The Labute approximate surface area is 383 Å². The van der Waals surface area contributed by atoms with Crippen molar-refractivity contribution in [3.05, 3.63) is 175 Å². The molecule has 2 nitrogen and oxygen atoms in total. The normalized spacial score (nSPS) is 12.2. The number of hydrogen-bond acceptors (Lipinski definition) is 2. The van der Waals surface area contributed by atoms with Crippen molar-refractivity contribution >= 4 is 46.2 Å². The molecule has 0 aliphatic carbocycles. The van der Waals surface area contributed by atoms with Gasteiger partial charge in [0, 0.05) is 52.5 Å².